The predicted octanol–water partition coefficient (Wildman–Crippen LogP) is 5.35. The van der Waals surface area contributed by atoms with Crippen LogP contribution in [0.4, 0.5) is 5.82 Å². The summed E-state index contributed by atoms with van der Waals surface area (Å²) >= 11 is 12.3. The smallest absolute Gasteiger partial charge is 0.277 e. The molecule has 2 heterocycles. The van der Waals surface area contributed by atoms with E-state index in [2.05, 4.69) is 15.4 Å². The minimum Gasteiger partial charge on any atom is -0.305 e. The molecule has 0 aliphatic rings. The number of hydrogen-bond donors (Lipinski definition) is 1. The van der Waals surface area contributed by atoms with E-state index < -0.39 is 0 Å². The zero-order valence-electron chi connectivity index (χ0n) is 15.0. The molecule has 140 valence electrons. The molecule has 1 N–H and O–H groups in total. The van der Waals surface area contributed by atoms with Gasteiger partial charge in [0.25, 0.3) is 5.91 Å². The van der Waals surface area contributed by atoms with Crippen LogP contribution in [0.3, 0.4) is 0 Å². The molecule has 0 spiro atoms. The first-order valence-electron chi connectivity index (χ1n) is 8.65. The summed E-state index contributed by atoms with van der Waals surface area (Å²) in [4.78, 5) is 17.0. The lowest BCUT2D eigenvalue weighted by atomic mass is 10.1. The maximum atomic E-state index is 12.8. The van der Waals surface area contributed by atoms with Gasteiger partial charge in [-0.2, -0.15) is 5.10 Å². The second-order valence-corrected chi connectivity index (χ2v) is 7.23. The van der Waals surface area contributed by atoms with Gasteiger partial charge < -0.3 is 5.32 Å². The van der Waals surface area contributed by atoms with Crippen LogP contribution in [0, 0.1) is 6.92 Å². The number of para-hydroxylation sites is 1. The van der Waals surface area contributed by atoms with Gasteiger partial charge in [0.05, 0.1) is 12.1 Å². The maximum absolute atomic E-state index is 12.8. The molecule has 7 heteroatoms. The predicted molar refractivity (Wildman–Crippen MR) is 112 cm³/mol. The molecule has 0 radical (unpaired) electrons. The van der Waals surface area contributed by atoms with Crippen molar-refractivity contribution in [3.8, 4) is 0 Å². The quantitative estimate of drug-likeness (QED) is 0.493. The number of aromatic nitrogens is 3. The number of carbonyl (C=O) groups is 1. The highest BCUT2D eigenvalue weighted by atomic mass is 35.5. The van der Waals surface area contributed by atoms with E-state index in [0.29, 0.717) is 28.1 Å². The zero-order valence-corrected chi connectivity index (χ0v) is 16.5. The summed E-state index contributed by atoms with van der Waals surface area (Å²) in [5.74, 6) is 0.166. The van der Waals surface area contributed by atoms with E-state index in [4.69, 9.17) is 23.2 Å². The number of amides is 1. The summed E-state index contributed by atoms with van der Waals surface area (Å²) in [5.41, 5.74) is 3.12. The molecule has 1 amide bonds. The molecule has 2 aromatic carbocycles. The van der Waals surface area contributed by atoms with Crippen LogP contribution in [0.2, 0.25) is 10.0 Å². The Hall–Kier alpha value is -2.89. The highest BCUT2D eigenvalue weighted by molar-refractivity contribution is 6.35. The van der Waals surface area contributed by atoms with Crippen molar-refractivity contribution in [1.82, 2.24) is 14.8 Å². The first-order valence-corrected chi connectivity index (χ1v) is 9.41. The van der Waals surface area contributed by atoms with Gasteiger partial charge in [-0.1, -0.05) is 53.5 Å². The first-order chi connectivity index (χ1) is 13.5. The minimum absolute atomic E-state index is 0.310. The summed E-state index contributed by atoms with van der Waals surface area (Å²) in [7, 11) is 0. The monoisotopic (exact) mass is 410 g/mol. The Morgan fingerprint density at radius 1 is 1.11 bits per heavy atom. The van der Waals surface area contributed by atoms with Crippen molar-refractivity contribution in [3.63, 3.8) is 0 Å². The molecule has 4 rings (SSSR count). The van der Waals surface area contributed by atoms with Gasteiger partial charge in [-0.05, 0) is 42.3 Å². The van der Waals surface area contributed by atoms with Crippen molar-refractivity contribution in [2.75, 3.05) is 5.32 Å². The molecule has 0 bridgehead atoms. The van der Waals surface area contributed by atoms with Gasteiger partial charge in [0.2, 0.25) is 0 Å². The van der Waals surface area contributed by atoms with Gasteiger partial charge in [0.1, 0.15) is 5.82 Å². The molecule has 0 saturated heterocycles. The third kappa shape index (κ3) is 3.59. The van der Waals surface area contributed by atoms with E-state index in [-0.39, 0.29) is 5.91 Å². The number of anilines is 1. The van der Waals surface area contributed by atoms with Crippen molar-refractivity contribution >= 4 is 45.8 Å². The second kappa shape index (κ2) is 7.62. The summed E-state index contributed by atoms with van der Waals surface area (Å²) in [5, 5.41) is 9.30. The van der Waals surface area contributed by atoms with Crippen LogP contribution in [-0.4, -0.2) is 20.7 Å². The maximum Gasteiger partial charge on any atom is 0.277 e. The average molecular weight is 411 g/mol. The van der Waals surface area contributed by atoms with Crippen LogP contribution in [0.5, 0.6) is 0 Å². The number of nitrogens with one attached hydrogen (secondary N) is 1. The van der Waals surface area contributed by atoms with Gasteiger partial charge in [-0.15, -0.1) is 0 Å². The van der Waals surface area contributed by atoms with Crippen LogP contribution in [-0.2, 0) is 6.54 Å². The standard InChI is InChI=1S/C21H16Cl2N4O/c1-13-5-4-6-16-19(21(28)25-18-7-2-3-10-24-18)26-27(20(13)16)12-14-8-9-15(22)11-17(14)23/h2-11H,12H2,1H3,(H,24,25,28). The highest BCUT2D eigenvalue weighted by Gasteiger charge is 2.19. The van der Waals surface area contributed by atoms with Crippen LogP contribution in [0.1, 0.15) is 21.6 Å². The van der Waals surface area contributed by atoms with Gasteiger partial charge in [-0.3, -0.25) is 9.48 Å². The number of hydrogen-bond acceptors (Lipinski definition) is 3. The Morgan fingerprint density at radius 3 is 2.71 bits per heavy atom. The third-order valence-electron chi connectivity index (χ3n) is 4.43. The number of aryl methyl sites for hydroxylation is 1. The van der Waals surface area contributed by atoms with Gasteiger partial charge in [0.15, 0.2) is 5.69 Å². The molecular weight excluding hydrogens is 395 g/mol. The topological polar surface area (TPSA) is 59.8 Å². The number of fused-ring (bicyclic) bond motifs is 1. The minimum atomic E-state index is -0.310. The normalized spacial score (nSPS) is 11.0. The molecule has 2 aromatic heterocycles. The van der Waals surface area contributed by atoms with Crippen LogP contribution in [0.15, 0.2) is 60.8 Å². The van der Waals surface area contributed by atoms with E-state index >= 15 is 0 Å². The molecule has 0 saturated carbocycles. The highest BCUT2D eigenvalue weighted by Crippen LogP contribution is 2.26. The number of rotatable bonds is 4. The SMILES string of the molecule is Cc1cccc2c(C(=O)Nc3ccccn3)nn(Cc3ccc(Cl)cc3Cl)c12. The van der Waals surface area contributed by atoms with E-state index in [1.54, 1.807) is 35.1 Å². The van der Waals surface area contributed by atoms with Crippen LogP contribution in [0.25, 0.3) is 10.9 Å². The van der Waals surface area contributed by atoms with Crippen molar-refractivity contribution in [2.24, 2.45) is 0 Å². The van der Waals surface area contributed by atoms with Crippen LogP contribution < -0.4 is 5.32 Å². The van der Waals surface area contributed by atoms with Crippen LogP contribution >= 0.6 is 23.2 Å². The summed E-state index contributed by atoms with van der Waals surface area (Å²) < 4.78 is 1.80. The van der Waals surface area contributed by atoms with Crippen molar-refractivity contribution in [3.05, 3.63) is 87.7 Å². The fourth-order valence-corrected chi connectivity index (χ4v) is 3.59. The number of pyridine rings is 1. The molecule has 0 unspecified atom stereocenters. The molecule has 0 fully saturated rings. The lowest BCUT2D eigenvalue weighted by Gasteiger charge is -2.08. The Balaban J connectivity index is 1.76. The van der Waals surface area contributed by atoms with E-state index in [0.717, 1.165) is 22.0 Å². The number of benzene rings is 2. The second-order valence-electron chi connectivity index (χ2n) is 6.38. The Morgan fingerprint density at radius 2 is 1.96 bits per heavy atom. The van der Waals surface area contributed by atoms with Gasteiger partial charge in [-0.25, -0.2) is 4.98 Å². The Labute approximate surface area is 171 Å². The van der Waals surface area contributed by atoms with E-state index in [9.17, 15) is 4.79 Å². The fraction of sp³-hybridized carbons (Fsp3) is 0.0952. The zero-order chi connectivity index (χ0) is 19.7. The van der Waals surface area contributed by atoms with Gasteiger partial charge in [0, 0.05) is 21.6 Å². The summed E-state index contributed by atoms with van der Waals surface area (Å²) in [6.45, 7) is 2.42. The van der Waals surface area contributed by atoms with E-state index in [1.165, 1.54) is 0 Å². The molecule has 0 aliphatic carbocycles. The molecular formula is C21H16Cl2N4O. The van der Waals surface area contributed by atoms with Crippen molar-refractivity contribution in [1.29, 1.82) is 0 Å². The first kappa shape index (κ1) is 18.5. The van der Waals surface area contributed by atoms with E-state index in [1.807, 2.05) is 37.3 Å². The third-order valence-corrected chi connectivity index (χ3v) is 5.02. The molecule has 5 nitrogen and oxygen atoms in total. The fourth-order valence-electron chi connectivity index (χ4n) is 3.12. The van der Waals surface area contributed by atoms with Crippen molar-refractivity contribution in [2.45, 2.75) is 13.5 Å². The summed E-state index contributed by atoms with van der Waals surface area (Å²) in [6, 6.07) is 16.5. The average Bonchev–Trinajstić information content (AvgIpc) is 3.05. The lowest BCUT2D eigenvalue weighted by Crippen LogP contribution is -2.14. The molecule has 0 atom stereocenters. The Bertz CT molecular complexity index is 1170. The molecule has 4 aromatic rings. The lowest BCUT2D eigenvalue weighted by molar-refractivity contribution is 0.102. The number of halogens is 2. The summed E-state index contributed by atoms with van der Waals surface area (Å²) in [6.07, 6.45) is 1.62. The number of nitrogens with zero attached hydrogens (tertiary/aromatic N) is 3. The van der Waals surface area contributed by atoms with Crippen molar-refractivity contribution < 1.29 is 4.79 Å². The van der Waals surface area contributed by atoms with Gasteiger partial charge >= 0.3 is 0 Å². The molecule has 28 heavy (non-hydrogen) atoms. The molecule has 0 aliphatic heterocycles. The number of carbonyl (C=O) groups excluding carboxylic acids is 1. The largest absolute Gasteiger partial charge is 0.305 e. The Kier molecular flexibility index (Phi) is 5.03.